The van der Waals surface area contributed by atoms with Crippen LogP contribution in [-0.4, -0.2) is 18.4 Å². The zero-order valence-corrected chi connectivity index (χ0v) is 17.7. The average molecular weight is 405 g/mol. The number of amides is 2. The first kappa shape index (κ1) is 19.4. The Hall–Kier alpha value is -2.92. The predicted octanol–water partition coefficient (Wildman–Crippen LogP) is 5.50. The molecule has 1 aliphatic rings. The number of thiophene rings is 1. The summed E-state index contributed by atoms with van der Waals surface area (Å²) in [6.07, 6.45) is 0.828. The Morgan fingerprint density at radius 3 is 2.45 bits per heavy atom. The van der Waals surface area contributed by atoms with Gasteiger partial charge in [-0.05, 0) is 58.7 Å². The van der Waals surface area contributed by atoms with Crippen molar-refractivity contribution in [2.45, 2.75) is 32.6 Å². The zero-order chi connectivity index (χ0) is 20.6. The minimum atomic E-state index is -0.153. The molecular weight excluding hydrogens is 380 g/mol. The maximum Gasteiger partial charge on any atom is 0.268 e. The highest BCUT2D eigenvalue weighted by Crippen LogP contribution is 2.33. The van der Waals surface area contributed by atoms with Crippen molar-refractivity contribution in [1.29, 1.82) is 0 Å². The van der Waals surface area contributed by atoms with Crippen molar-refractivity contribution in [3.05, 3.63) is 81.5 Å². The molecular formula is C24H24N2O2S. The number of carbonyl (C=O) groups is 2. The van der Waals surface area contributed by atoms with Crippen LogP contribution in [0.5, 0.6) is 0 Å². The Labute approximate surface area is 175 Å². The number of benzene rings is 2. The van der Waals surface area contributed by atoms with Crippen molar-refractivity contribution >= 4 is 34.5 Å². The summed E-state index contributed by atoms with van der Waals surface area (Å²) in [5.74, 6) is -0.139. The summed E-state index contributed by atoms with van der Waals surface area (Å²) in [5, 5.41) is 4.87. The summed E-state index contributed by atoms with van der Waals surface area (Å²) in [6.45, 7) is 7.11. The number of nitrogens with one attached hydrogen (secondary N) is 1. The third-order valence-corrected chi connectivity index (χ3v) is 6.09. The molecule has 0 fully saturated rings. The van der Waals surface area contributed by atoms with E-state index in [1.807, 2.05) is 60.0 Å². The highest BCUT2D eigenvalue weighted by Gasteiger charge is 2.26. The smallest absolute Gasteiger partial charge is 0.268 e. The van der Waals surface area contributed by atoms with Crippen molar-refractivity contribution in [2.75, 3.05) is 16.8 Å². The van der Waals surface area contributed by atoms with Gasteiger partial charge in [0.05, 0.1) is 4.88 Å². The van der Waals surface area contributed by atoms with Gasteiger partial charge in [0.1, 0.15) is 0 Å². The van der Waals surface area contributed by atoms with Crippen LogP contribution in [0.2, 0.25) is 0 Å². The molecule has 0 bridgehead atoms. The molecule has 0 aliphatic carbocycles. The first-order valence-corrected chi connectivity index (χ1v) is 10.6. The van der Waals surface area contributed by atoms with Crippen LogP contribution >= 0.6 is 11.3 Å². The summed E-state index contributed by atoms with van der Waals surface area (Å²) in [5.41, 5.74) is 4.55. The van der Waals surface area contributed by atoms with Gasteiger partial charge in [0.25, 0.3) is 11.8 Å². The highest BCUT2D eigenvalue weighted by atomic mass is 32.1. The number of hydrogen-bond donors (Lipinski definition) is 1. The average Bonchev–Trinajstić information content (AvgIpc) is 3.37. The molecule has 3 aromatic rings. The Bertz CT molecular complexity index is 1050. The van der Waals surface area contributed by atoms with Gasteiger partial charge in [-0.2, -0.15) is 0 Å². The molecule has 0 unspecified atom stereocenters. The molecule has 0 saturated heterocycles. The summed E-state index contributed by atoms with van der Waals surface area (Å²) in [7, 11) is 0. The van der Waals surface area contributed by atoms with Gasteiger partial charge in [0.2, 0.25) is 0 Å². The summed E-state index contributed by atoms with van der Waals surface area (Å²) >= 11 is 1.45. The molecule has 5 heteroatoms. The third-order valence-electron chi connectivity index (χ3n) is 5.23. The van der Waals surface area contributed by atoms with Crippen molar-refractivity contribution in [3.63, 3.8) is 0 Å². The zero-order valence-electron chi connectivity index (χ0n) is 16.9. The maximum absolute atomic E-state index is 12.8. The highest BCUT2D eigenvalue weighted by molar-refractivity contribution is 7.12. The fourth-order valence-electron chi connectivity index (χ4n) is 3.53. The van der Waals surface area contributed by atoms with Gasteiger partial charge < -0.3 is 10.2 Å². The van der Waals surface area contributed by atoms with E-state index >= 15 is 0 Å². The van der Waals surface area contributed by atoms with Gasteiger partial charge >= 0.3 is 0 Å². The van der Waals surface area contributed by atoms with Crippen LogP contribution in [0.25, 0.3) is 0 Å². The fourth-order valence-corrected chi connectivity index (χ4v) is 4.20. The number of fused-ring (bicyclic) bond motifs is 1. The van der Waals surface area contributed by atoms with Crippen LogP contribution in [0, 0.1) is 0 Å². The maximum atomic E-state index is 12.8. The first-order valence-electron chi connectivity index (χ1n) is 9.73. The predicted molar refractivity (Wildman–Crippen MR) is 119 cm³/mol. The molecule has 2 heterocycles. The molecule has 0 spiro atoms. The lowest BCUT2D eigenvalue weighted by molar-refractivity contribution is 0.0991. The molecule has 0 radical (unpaired) electrons. The fraction of sp³-hybridized carbons (Fsp3) is 0.250. The van der Waals surface area contributed by atoms with Crippen LogP contribution in [0.3, 0.4) is 0 Å². The molecule has 2 amide bonds. The quantitative estimate of drug-likeness (QED) is 0.626. The van der Waals surface area contributed by atoms with Gasteiger partial charge in [-0.3, -0.25) is 9.59 Å². The molecule has 0 saturated carbocycles. The normalized spacial score (nSPS) is 13.3. The summed E-state index contributed by atoms with van der Waals surface area (Å²) in [4.78, 5) is 28.0. The standard InChI is InChI=1S/C24H24N2O2S/c1-24(2,3)18-9-6-17(7-10-18)22(27)25-19-11-8-16-12-13-26(20(16)15-19)23(28)21-5-4-14-29-21/h4-11,14-15H,12-13H2,1-3H3,(H,25,27). The van der Waals surface area contributed by atoms with E-state index in [2.05, 4.69) is 26.1 Å². The van der Waals surface area contributed by atoms with Gasteiger partial charge in [-0.1, -0.05) is 45.0 Å². The number of anilines is 2. The number of carbonyl (C=O) groups excluding carboxylic acids is 2. The molecule has 4 rings (SSSR count). The van der Waals surface area contributed by atoms with E-state index in [-0.39, 0.29) is 17.2 Å². The van der Waals surface area contributed by atoms with Crippen molar-refractivity contribution in [1.82, 2.24) is 0 Å². The molecule has 148 valence electrons. The molecule has 2 aromatic carbocycles. The molecule has 0 atom stereocenters. The second-order valence-electron chi connectivity index (χ2n) is 8.31. The number of nitrogens with zero attached hydrogens (tertiary/aromatic N) is 1. The first-order chi connectivity index (χ1) is 13.8. The van der Waals surface area contributed by atoms with Gasteiger partial charge in [0, 0.05) is 23.5 Å². The van der Waals surface area contributed by atoms with E-state index < -0.39 is 0 Å². The van der Waals surface area contributed by atoms with E-state index in [1.165, 1.54) is 16.9 Å². The van der Waals surface area contributed by atoms with Crippen LogP contribution in [0.15, 0.2) is 60.0 Å². The topological polar surface area (TPSA) is 49.4 Å². The van der Waals surface area contributed by atoms with Crippen LogP contribution < -0.4 is 10.2 Å². The molecule has 1 aromatic heterocycles. The number of hydrogen-bond acceptors (Lipinski definition) is 3. The van der Waals surface area contributed by atoms with Gasteiger partial charge in [0.15, 0.2) is 0 Å². The Balaban J connectivity index is 1.53. The lowest BCUT2D eigenvalue weighted by atomic mass is 9.87. The van der Waals surface area contributed by atoms with Crippen LogP contribution in [0.4, 0.5) is 11.4 Å². The van der Waals surface area contributed by atoms with Gasteiger partial charge in [-0.15, -0.1) is 11.3 Å². The van der Waals surface area contributed by atoms with Crippen LogP contribution in [0.1, 0.15) is 51.9 Å². The minimum absolute atomic E-state index is 0.0139. The Morgan fingerprint density at radius 1 is 1.03 bits per heavy atom. The largest absolute Gasteiger partial charge is 0.322 e. The third kappa shape index (κ3) is 3.96. The lowest BCUT2D eigenvalue weighted by Crippen LogP contribution is -2.28. The summed E-state index contributed by atoms with van der Waals surface area (Å²) in [6, 6.07) is 17.2. The Morgan fingerprint density at radius 2 is 1.79 bits per heavy atom. The Kier molecular flexibility index (Phi) is 5.01. The van der Waals surface area contributed by atoms with Gasteiger partial charge in [-0.25, -0.2) is 0 Å². The van der Waals surface area contributed by atoms with E-state index in [1.54, 1.807) is 4.90 Å². The minimum Gasteiger partial charge on any atom is -0.322 e. The second kappa shape index (κ2) is 7.48. The van der Waals surface area contributed by atoms with Crippen molar-refractivity contribution in [2.24, 2.45) is 0 Å². The molecule has 1 aliphatic heterocycles. The molecule has 29 heavy (non-hydrogen) atoms. The summed E-state index contributed by atoms with van der Waals surface area (Å²) < 4.78 is 0. The van der Waals surface area contributed by atoms with Crippen molar-refractivity contribution < 1.29 is 9.59 Å². The van der Waals surface area contributed by atoms with E-state index in [0.29, 0.717) is 17.8 Å². The van der Waals surface area contributed by atoms with E-state index in [0.717, 1.165) is 22.5 Å². The van der Waals surface area contributed by atoms with Crippen molar-refractivity contribution in [3.8, 4) is 0 Å². The SMILES string of the molecule is CC(C)(C)c1ccc(C(=O)Nc2ccc3c(c2)N(C(=O)c2cccs2)CC3)cc1. The van der Waals surface area contributed by atoms with Crippen LogP contribution in [-0.2, 0) is 11.8 Å². The number of rotatable bonds is 3. The molecule has 1 N–H and O–H groups in total. The van der Waals surface area contributed by atoms with E-state index in [9.17, 15) is 9.59 Å². The monoisotopic (exact) mass is 404 g/mol. The second-order valence-corrected chi connectivity index (χ2v) is 9.26. The van der Waals surface area contributed by atoms with E-state index in [4.69, 9.17) is 0 Å². The lowest BCUT2D eigenvalue weighted by Gasteiger charge is -2.19. The molecule has 4 nitrogen and oxygen atoms in total.